The molecule has 3 N–H and O–H groups in total. The van der Waals surface area contributed by atoms with E-state index in [4.69, 9.17) is 5.73 Å². The standard InChI is InChI=1S/C30H28F3N3O3/c1-18-9-8-14-21-23(18)17-24(37)28(35-26(21)20-12-6-3-7-13-20)36-29(39)22(15-16-30(31,32)33)25(27(34)38)19-10-4-2-5-11-19/h2-14,22,25,28H,15-17H2,1H3,(H2,34,38)(H,36,39)/t22-,25+,28-/m1/s1. The van der Waals surface area contributed by atoms with Crippen LogP contribution in [0.25, 0.3) is 0 Å². The van der Waals surface area contributed by atoms with Crippen LogP contribution in [0.15, 0.2) is 83.9 Å². The Morgan fingerprint density at radius 3 is 2.26 bits per heavy atom. The molecular weight excluding hydrogens is 507 g/mol. The second kappa shape index (κ2) is 11.6. The van der Waals surface area contributed by atoms with E-state index in [1.807, 2.05) is 55.5 Å². The summed E-state index contributed by atoms with van der Waals surface area (Å²) in [6.45, 7) is 1.87. The number of carbonyl (C=O) groups excluding carboxylic acids is 3. The number of fused-ring (bicyclic) bond motifs is 1. The number of benzene rings is 3. The van der Waals surface area contributed by atoms with Crippen LogP contribution < -0.4 is 11.1 Å². The zero-order valence-electron chi connectivity index (χ0n) is 21.2. The molecule has 1 aliphatic rings. The third-order valence-corrected chi connectivity index (χ3v) is 6.85. The van der Waals surface area contributed by atoms with Crippen LogP contribution in [-0.2, 0) is 20.8 Å². The molecule has 3 atom stereocenters. The number of aryl methyl sites for hydroxylation is 1. The number of amides is 2. The van der Waals surface area contributed by atoms with Crippen molar-refractivity contribution in [1.82, 2.24) is 5.32 Å². The number of nitrogens with two attached hydrogens (primary N) is 1. The van der Waals surface area contributed by atoms with Gasteiger partial charge in [-0.25, -0.2) is 0 Å². The molecule has 9 heteroatoms. The van der Waals surface area contributed by atoms with Crippen LogP contribution in [-0.4, -0.2) is 35.7 Å². The van der Waals surface area contributed by atoms with Crippen molar-refractivity contribution >= 4 is 23.3 Å². The quantitative estimate of drug-likeness (QED) is 0.440. The summed E-state index contributed by atoms with van der Waals surface area (Å²) in [4.78, 5) is 44.0. The van der Waals surface area contributed by atoms with Crippen molar-refractivity contribution in [1.29, 1.82) is 0 Å². The monoisotopic (exact) mass is 535 g/mol. The highest BCUT2D eigenvalue weighted by molar-refractivity contribution is 6.16. The number of aliphatic imine (C=N–C) groups is 1. The summed E-state index contributed by atoms with van der Waals surface area (Å²) in [7, 11) is 0. The zero-order chi connectivity index (χ0) is 28.2. The molecule has 0 saturated heterocycles. The highest BCUT2D eigenvalue weighted by atomic mass is 19.4. The van der Waals surface area contributed by atoms with Gasteiger partial charge in [-0.1, -0.05) is 78.9 Å². The molecule has 0 unspecified atom stereocenters. The van der Waals surface area contributed by atoms with Crippen molar-refractivity contribution in [2.75, 3.05) is 0 Å². The van der Waals surface area contributed by atoms with Crippen molar-refractivity contribution in [3.63, 3.8) is 0 Å². The number of ketones is 1. The molecule has 2 amide bonds. The number of nitrogens with zero attached hydrogens (tertiary/aromatic N) is 1. The molecule has 0 saturated carbocycles. The van der Waals surface area contributed by atoms with E-state index in [0.29, 0.717) is 16.8 Å². The summed E-state index contributed by atoms with van der Waals surface area (Å²) in [6.07, 6.45) is -7.94. The van der Waals surface area contributed by atoms with Crippen molar-refractivity contribution < 1.29 is 27.6 Å². The molecule has 0 radical (unpaired) electrons. The number of nitrogens with one attached hydrogen (secondary N) is 1. The minimum Gasteiger partial charge on any atom is -0.369 e. The average molecular weight is 536 g/mol. The number of halogens is 3. The molecule has 202 valence electrons. The Bertz CT molecular complexity index is 1390. The largest absolute Gasteiger partial charge is 0.389 e. The Kier molecular flexibility index (Phi) is 8.28. The fraction of sp³-hybridized carbons (Fsp3) is 0.267. The van der Waals surface area contributed by atoms with Crippen LogP contribution in [0.4, 0.5) is 13.2 Å². The van der Waals surface area contributed by atoms with Gasteiger partial charge in [-0.15, -0.1) is 0 Å². The molecule has 0 aliphatic carbocycles. The van der Waals surface area contributed by atoms with E-state index in [1.54, 1.807) is 18.2 Å². The summed E-state index contributed by atoms with van der Waals surface area (Å²) >= 11 is 0. The van der Waals surface area contributed by atoms with Gasteiger partial charge in [0.25, 0.3) is 0 Å². The zero-order valence-corrected chi connectivity index (χ0v) is 21.2. The van der Waals surface area contributed by atoms with Gasteiger partial charge in [-0.3, -0.25) is 19.4 Å². The summed E-state index contributed by atoms with van der Waals surface area (Å²) in [5.41, 5.74) is 9.49. The van der Waals surface area contributed by atoms with E-state index in [0.717, 1.165) is 16.7 Å². The molecule has 6 nitrogen and oxygen atoms in total. The highest BCUT2D eigenvalue weighted by Gasteiger charge is 2.39. The third kappa shape index (κ3) is 6.60. The van der Waals surface area contributed by atoms with Crippen LogP contribution in [0.1, 0.15) is 46.6 Å². The predicted molar refractivity (Wildman–Crippen MR) is 141 cm³/mol. The molecule has 0 spiro atoms. The van der Waals surface area contributed by atoms with Gasteiger partial charge < -0.3 is 11.1 Å². The first kappa shape index (κ1) is 27.8. The summed E-state index contributed by atoms with van der Waals surface area (Å²) < 4.78 is 39.7. The molecule has 4 rings (SSSR count). The smallest absolute Gasteiger partial charge is 0.369 e. The molecule has 1 aliphatic heterocycles. The summed E-state index contributed by atoms with van der Waals surface area (Å²) in [5, 5.41) is 2.55. The number of alkyl halides is 3. The van der Waals surface area contributed by atoms with Gasteiger partial charge in [0.05, 0.1) is 17.5 Å². The second-order valence-corrected chi connectivity index (χ2v) is 9.55. The average Bonchev–Trinajstić information content (AvgIpc) is 3.04. The van der Waals surface area contributed by atoms with Gasteiger partial charge in [-0.05, 0) is 30.0 Å². The van der Waals surface area contributed by atoms with Crippen LogP contribution in [0.2, 0.25) is 0 Å². The van der Waals surface area contributed by atoms with Crippen molar-refractivity contribution in [2.45, 2.75) is 44.4 Å². The normalized spacial score (nSPS) is 16.9. The van der Waals surface area contributed by atoms with Crippen LogP contribution in [0.5, 0.6) is 0 Å². The summed E-state index contributed by atoms with van der Waals surface area (Å²) in [6, 6.07) is 22.6. The Labute approximate surface area is 224 Å². The van der Waals surface area contributed by atoms with E-state index in [9.17, 15) is 27.6 Å². The molecule has 3 aromatic carbocycles. The molecule has 39 heavy (non-hydrogen) atoms. The maximum absolute atomic E-state index is 13.6. The lowest BCUT2D eigenvalue weighted by molar-refractivity contribution is -0.144. The van der Waals surface area contributed by atoms with Crippen LogP contribution in [0.3, 0.4) is 0 Å². The lowest BCUT2D eigenvalue weighted by Gasteiger charge is -2.26. The van der Waals surface area contributed by atoms with Crippen molar-refractivity contribution in [2.24, 2.45) is 16.6 Å². The molecule has 0 bridgehead atoms. The second-order valence-electron chi connectivity index (χ2n) is 9.55. The number of Topliss-reactive ketones (excluding diaryl/α,β-unsaturated/α-hetero) is 1. The van der Waals surface area contributed by atoms with Crippen molar-refractivity contribution in [3.05, 3.63) is 107 Å². The van der Waals surface area contributed by atoms with E-state index in [-0.39, 0.29) is 6.42 Å². The minimum atomic E-state index is -4.56. The first-order valence-corrected chi connectivity index (χ1v) is 12.5. The van der Waals surface area contributed by atoms with Crippen LogP contribution >= 0.6 is 0 Å². The van der Waals surface area contributed by atoms with Crippen LogP contribution in [0, 0.1) is 12.8 Å². The maximum atomic E-state index is 13.6. The van der Waals surface area contributed by atoms with E-state index >= 15 is 0 Å². The number of hydrogen-bond acceptors (Lipinski definition) is 4. The van der Waals surface area contributed by atoms with E-state index in [2.05, 4.69) is 10.3 Å². The molecule has 0 fully saturated rings. The summed E-state index contributed by atoms with van der Waals surface area (Å²) in [5.74, 6) is -5.06. The van der Waals surface area contributed by atoms with Gasteiger partial charge in [0.2, 0.25) is 11.8 Å². The fourth-order valence-corrected chi connectivity index (χ4v) is 4.90. The number of hydrogen-bond donors (Lipinski definition) is 2. The van der Waals surface area contributed by atoms with Gasteiger partial charge >= 0.3 is 6.18 Å². The maximum Gasteiger partial charge on any atom is 0.389 e. The molecular formula is C30H28F3N3O3. The highest BCUT2D eigenvalue weighted by Crippen LogP contribution is 2.33. The first-order valence-electron chi connectivity index (χ1n) is 12.5. The lowest BCUT2D eigenvalue weighted by Crippen LogP contribution is -2.46. The van der Waals surface area contributed by atoms with Gasteiger partial charge in [0.15, 0.2) is 11.9 Å². The van der Waals surface area contributed by atoms with Crippen molar-refractivity contribution in [3.8, 4) is 0 Å². The Balaban J connectivity index is 1.73. The van der Waals surface area contributed by atoms with E-state index in [1.165, 1.54) is 12.1 Å². The minimum absolute atomic E-state index is 0.0298. The van der Waals surface area contributed by atoms with Gasteiger partial charge in [-0.2, -0.15) is 13.2 Å². The number of carbonyl (C=O) groups is 3. The molecule has 3 aromatic rings. The fourth-order valence-electron chi connectivity index (χ4n) is 4.90. The Morgan fingerprint density at radius 2 is 1.64 bits per heavy atom. The van der Waals surface area contributed by atoms with E-state index < -0.39 is 54.6 Å². The third-order valence-electron chi connectivity index (χ3n) is 6.85. The predicted octanol–water partition coefficient (Wildman–Crippen LogP) is 4.63. The Morgan fingerprint density at radius 1 is 1.00 bits per heavy atom. The molecule has 0 aromatic heterocycles. The lowest BCUT2D eigenvalue weighted by atomic mass is 9.81. The number of primary amides is 1. The first-order chi connectivity index (χ1) is 18.5. The molecule has 1 heterocycles. The van der Waals surface area contributed by atoms with Gasteiger partial charge in [0.1, 0.15) is 0 Å². The number of rotatable bonds is 8. The van der Waals surface area contributed by atoms with Gasteiger partial charge in [0, 0.05) is 24.0 Å². The Hall–Kier alpha value is -4.27. The topological polar surface area (TPSA) is 102 Å². The SMILES string of the molecule is Cc1cccc2c1CC(=O)[C@@H](NC(=O)[C@H](CCC(F)(F)F)[C@@H](C(N)=O)c1ccccc1)N=C2c1ccccc1.